The van der Waals surface area contributed by atoms with Crippen LogP contribution < -0.4 is 4.90 Å². The fourth-order valence-corrected chi connectivity index (χ4v) is 4.94. The van der Waals surface area contributed by atoms with E-state index in [1.165, 1.54) is 10.8 Å². The Balaban J connectivity index is 1.52. The van der Waals surface area contributed by atoms with Crippen LogP contribution in [0.3, 0.4) is 0 Å². The Morgan fingerprint density at radius 3 is 1.61 bits per heavy atom. The molecule has 0 bridgehead atoms. The van der Waals surface area contributed by atoms with Gasteiger partial charge in [-0.2, -0.15) is 0 Å². The highest BCUT2D eigenvalue weighted by Gasteiger charge is 2.27. The van der Waals surface area contributed by atoms with Gasteiger partial charge in [0.05, 0.1) is 28.1 Å². The Morgan fingerprint density at radius 2 is 1.00 bits per heavy atom. The summed E-state index contributed by atoms with van der Waals surface area (Å²) < 4.78 is 0. The minimum absolute atomic E-state index is 0.927. The van der Waals surface area contributed by atoms with E-state index >= 15 is 0 Å². The molecule has 1 aromatic heterocycles. The summed E-state index contributed by atoms with van der Waals surface area (Å²) in [5.41, 5.74) is 9.49. The molecular weight excluding hydrogens is 402 g/mol. The third kappa shape index (κ3) is 2.69. The van der Waals surface area contributed by atoms with E-state index in [9.17, 15) is 0 Å². The van der Waals surface area contributed by atoms with Gasteiger partial charge in [-0.25, -0.2) is 9.97 Å². The SMILES string of the molecule is c1ccc(N(c2ccccc2)c2ccc3c4c(cccc24)-c2nc4ccccc4nc2-3)cc1. The van der Waals surface area contributed by atoms with Crippen LogP contribution in [-0.2, 0) is 0 Å². The zero-order valence-corrected chi connectivity index (χ0v) is 17.8. The van der Waals surface area contributed by atoms with Crippen LogP contribution in [0.1, 0.15) is 0 Å². The van der Waals surface area contributed by atoms with Crippen molar-refractivity contribution in [3.05, 3.63) is 115 Å². The van der Waals surface area contributed by atoms with Crippen molar-refractivity contribution in [1.29, 1.82) is 0 Å². The van der Waals surface area contributed by atoms with Crippen molar-refractivity contribution in [2.45, 2.75) is 0 Å². The Kier molecular flexibility index (Phi) is 3.84. The molecule has 6 aromatic rings. The van der Waals surface area contributed by atoms with Crippen LogP contribution in [0.4, 0.5) is 17.1 Å². The van der Waals surface area contributed by atoms with E-state index in [2.05, 4.69) is 95.9 Å². The summed E-state index contributed by atoms with van der Waals surface area (Å²) in [6.07, 6.45) is 0. The first-order valence-electron chi connectivity index (χ1n) is 11.1. The van der Waals surface area contributed by atoms with E-state index in [-0.39, 0.29) is 0 Å². The number of rotatable bonds is 3. The normalized spacial score (nSPS) is 11.6. The van der Waals surface area contributed by atoms with Crippen LogP contribution in [0.25, 0.3) is 44.3 Å². The van der Waals surface area contributed by atoms with Gasteiger partial charge in [0.2, 0.25) is 0 Å². The van der Waals surface area contributed by atoms with Gasteiger partial charge in [-0.15, -0.1) is 0 Å². The second-order valence-electron chi connectivity index (χ2n) is 8.28. The van der Waals surface area contributed by atoms with Gasteiger partial charge in [-0.05, 0) is 48.5 Å². The molecule has 0 saturated heterocycles. The van der Waals surface area contributed by atoms with Crippen molar-refractivity contribution in [2.75, 3.05) is 4.90 Å². The molecule has 1 heterocycles. The number of benzene rings is 5. The van der Waals surface area contributed by atoms with Gasteiger partial charge in [0.1, 0.15) is 0 Å². The first kappa shape index (κ1) is 18.1. The van der Waals surface area contributed by atoms with E-state index in [4.69, 9.17) is 9.97 Å². The highest BCUT2D eigenvalue weighted by atomic mass is 15.1. The summed E-state index contributed by atoms with van der Waals surface area (Å²) in [7, 11) is 0. The molecule has 1 aliphatic rings. The molecule has 0 unspecified atom stereocenters. The first-order chi connectivity index (χ1) is 16.4. The number of hydrogen-bond donors (Lipinski definition) is 0. The topological polar surface area (TPSA) is 29.0 Å². The minimum Gasteiger partial charge on any atom is -0.310 e. The van der Waals surface area contributed by atoms with E-state index in [1.54, 1.807) is 0 Å². The number of hydrogen-bond acceptors (Lipinski definition) is 3. The van der Waals surface area contributed by atoms with Crippen molar-refractivity contribution < 1.29 is 0 Å². The van der Waals surface area contributed by atoms with Gasteiger partial charge in [0.25, 0.3) is 0 Å². The van der Waals surface area contributed by atoms with Crippen molar-refractivity contribution in [1.82, 2.24) is 9.97 Å². The summed E-state index contributed by atoms with van der Waals surface area (Å²) in [6.45, 7) is 0. The lowest BCUT2D eigenvalue weighted by molar-refractivity contribution is 1.30. The minimum atomic E-state index is 0.927. The zero-order valence-electron chi connectivity index (χ0n) is 17.8. The predicted molar refractivity (Wildman–Crippen MR) is 136 cm³/mol. The van der Waals surface area contributed by atoms with Crippen LogP contribution >= 0.6 is 0 Å². The molecule has 0 saturated carbocycles. The summed E-state index contributed by atoms with van der Waals surface area (Å²) in [4.78, 5) is 12.3. The molecule has 3 nitrogen and oxygen atoms in total. The number of aromatic nitrogens is 2. The van der Waals surface area contributed by atoms with Crippen LogP contribution in [0.15, 0.2) is 115 Å². The summed E-state index contributed by atoms with van der Waals surface area (Å²) in [6, 6.07) is 40.1. The molecule has 0 amide bonds. The molecule has 3 heteroatoms. The maximum Gasteiger partial charge on any atom is 0.0979 e. The molecule has 0 aliphatic heterocycles. The lowest BCUT2D eigenvalue weighted by Crippen LogP contribution is -2.10. The van der Waals surface area contributed by atoms with Crippen molar-refractivity contribution in [3.63, 3.8) is 0 Å². The van der Waals surface area contributed by atoms with Crippen molar-refractivity contribution in [3.8, 4) is 22.5 Å². The molecule has 0 radical (unpaired) electrons. The Labute approximate surface area is 191 Å². The maximum absolute atomic E-state index is 5.01. The number of fused-ring (bicyclic) bond motifs is 4. The number of anilines is 3. The lowest BCUT2D eigenvalue weighted by Gasteiger charge is -2.27. The highest BCUT2D eigenvalue weighted by molar-refractivity contribution is 6.18. The van der Waals surface area contributed by atoms with Crippen LogP contribution in [0, 0.1) is 0 Å². The van der Waals surface area contributed by atoms with E-state index in [0.717, 1.165) is 50.6 Å². The second-order valence-corrected chi connectivity index (χ2v) is 8.28. The summed E-state index contributed by atoms with van der Waals surface area (Å²) in [5, 5.41) is 2.42. The Bertz CT molecular complexity index is 1570. The third-order valence-corrected chi connectivity index (χ3v) is 6.37. The molecule has 1 aliphatic carbocycles. The van der Waals surface area contributed by atoms with Gasteiger partial charge in [-0.1, -0.05) is 66.7 Å². The monoisotopic (exact) mass is 421 g/mol. The molecule has 0 fully saturated rings. The van der Waals surface area contributed by atoms with E-state index in [0.29, 0.717) is 0 Å². The predicted octanol–water partition coefficient (Wildman–Crippen LogP) is 7.90. The highest BCUT2D eigenvalue weighted by Crippen LogP contribution is 2.49. The smallest absolute Gasteiger partial charge is 0.0979 e. The van der Waals surface area contributed by atoms with Crippen LogP contribution in [0.2, 0.25) is 0 Å². The van der Waals surface area contributed by atoms with Gasteiger partial charge in [0, 0.05) is 33.3 Å². The van der Waals surface area contributed by atoms with Gasteiger partial charge < -0.3 is 4.90 Å². The van der Waals surface area contributed by atoms with E-state index in [1.807, 2.05) is 24.3 Å². The second kappa shape index (κ2) is 7.01. The van der Waals surface area contributed by atoms with Gasteiger partial charge in [-0.3, -0.25) is 0 Å². The quantitative estimate of drug-likeness (QED) is 0.290. The summed E-state index contributed by atoms with van der Waals surface area (Å²) >= 11 is 0. The lowest BCUT2D eigenvalue weighted by atomic mass is 10.0. The Morgan fingerprint density at radius 1 is 0.455 bits per heavy atom. The fourth-order valence-electron chi connectivity index (χ4n) is 4.94. The van der Waals surface area contributed by atoms with Gasteiger partial charge in [0.15, 0.2) is 0 Å². The van der Waals surface area contributed by atoms with Gasteiger partial charge >= 0.3 is 0 Å². The zero-order chi connectivity index (χ0) is 21.8. The fraction of sp³-hybridized carbons (Fsp3) is 0. The number of para-hydroxylation sites is 4. The average Bonchev–Trinajstić information content (AvgIpc) is 3.19. The van der Waals surface area contributed by atoms with Crippen molar-refractivity contribution >= 4 is 38.9 Å². The maximum atomic E-state index is 5.01. The largest absolute Gasteiger partial charge is 0.310 e. The first-order valence-corrected chi connectivity index (χ1v) is 11.1. The molecule has 33 heavy (non-hydrogen) atoms. The molecule has 0 atom stereocenters. The summed E-state index contributed by atoms with van der Waals surface area (Å²) in [5.74, 6) is 0. The number of nitrogens with zero attached hydrogens (tertiary/aromatic N) is 3. The van der Waals surface area contributed by atoms with Crippen LogP contribution in [0.5, 0.6) is 0 Å². The average molecular weight is 422 g/mol. The third-order valence-electron chi connectivity index (χ3n) is 6.37. The molecule has 0 N–H and O–H groups in total. The van der Waals surface area contributed by atoms with Crippen molar-refractivity contribution in [2.24, 2.45) is 0 Å². The molecule has 7 rings (SSSR count). The Hall–Kier alpha value is -4.50. The molecule has 5 aromatic carbocycles. The molecular formula is C30H19N3. The van der Waals surface area contributed by atoms with E-state index < -0.39 is 0 Å². The molecule has 154 valence electrons. The standard InChI is InChI=1S/C30H19N3/c1-3-10-20(11-4-1)33(21-12-5-2-6-13-21)27-19-18-24-28-22(27)14-9-15-23(28)29-30(24)32-26-17-8-7-16-25(26)31-29/h1-19H. The molecule has 0 spiro atoms. The van der Waals surface area contributed by atoms with Crippen LogP contribution in [-0.4, -0.2) is 9.97 Å².